The molecule has 7 nitrogen and oxygen atoms in total. The van der Waals surface area contributed by atoms with E-state index < -0.39 is 0 Å². The molecule has 1 N–H and O–H groups in total. The average Bonchev–Trinajstić information content (AvgIpc) is 3.59. The van der Waals surface area contributed by atoms with Crippen molar-refractivity contribution in [2.45, 2.75) is 13.0 Å². The predicted molar refractivity (Wildman–Crippen MR) is 109 cm³/mol. The van der Waals surface area contributed by atoms with Crippen molar-refractivity contribution in [2.75, 3.05) is 38.2 Å². The molecule has 1 aromatic carbocycles. The molecule has 2 unspecified atom stereocenters. The number of benzene rings is 1. The van der Waals surface area contributed by atoms with Crippen LogP contribution >= 0.6 is 0 Å². The number of hydrogen-bond donors (Lipinski definition) is 1. The van der Waals surface area contributed by atoms with Crippen molar-refractivity contribution >= 4 is 17.5 Å². The Hall–Kier alpha value is -3.09. The molecule has 1 aliphatic heterocycles. The number of rotatable bonds is 6. The van der Waals surface area contributed by atoms with E-state index in [4.69, 9.17) is 4.74 Å². The van der Waals surface area contributed by atoms with Gasteiger partial charge in [-0.1, -0.05) is 6.07 Å². The molecule has 0 bridgehead atoms. The summed E-state index contributed by atoms with van der Waals surface area (Å²) in [5, 5.41) is 2.92. The van der Waals surface area contributed by atoms with Crippen LogP contribution in [0.2, 0.25) is 0 Å². The molecule has 1 aromatic heterocycles. The second-order valence-electron chi connectivity index (χ2n) is 7.54. The zero-order chi connectivity index (χ0) is 20.2. The summed E-state index contributed by atoms with van der Waals surface area (Å²) in [5.41, 5.74) is 2.09. The van der Waals surface area contributed by atoms with Crippen molar-refractivity contribution < 1.29 is 14.3 Å². The molecule has 1 saturated heterocycles. The number of piperazine rings is 1. The minimum Gasteiger partial charge on any atom is -0.497 e. The van der Waals surface area contributed by atoms with Crippen LogP contribution in [0.15, 0.2) is 48.8 Å². The van der Waals surface area contributed by atoms with Gasteiger partial charge in [-0.05, 0) is 42.3 Å². The van der Waals surface area contributed by atoms with Crippen LogP contribution in [-0.4, -0.2) is 55.0 Å². The highest BCUT2D eigenvalue weighted by Crippen LogP contribution is 2.40. The van der Waals surface area contributed by atoms with Crippen LogP contribution < -0.4 is 15.0 Å². The van der Waals surface area contributed by atoms with E-state index in [2.05, 4.69) is 15.2 Å². The maximum absolute atomic E-state index is 12.8. The number of amides is 2. The van der Waals surface area contributed by atoms with E-state index in [1.54, 1.807) is 19.5 Å². The number of carbonyl (C=O) groups excluding carboxylic acids is 2. The first-order valence-electron chi connectivity index (χ1n) is 10.00. The lowest BCUT2D eigenvalue weighted by atomic mass is 10.2. The Morgan fingerprint density at radius 2 is 1.86 bits per heavy atom. The number of carbonyl (C=O) groups is 2. The fraction of sp³-hybridized carbons (Fsp3) is 0.409. The number of hydrogen-bond acceptors (Lipinski definition) is 5. The quantitative estimate of drug-likeness (QED) is 0.807. The Kier molecular flexibility index (Phi) is 5.64. The first kappa shape index (κ1) is 19.2. The summed E-state index contributed by atoms with van der Waals surface area (Å²) in [6.45, 7) is 3.41. The maximum atomic E-state index is 12.8. The number of ether oxygens (including phenoxy) is 1. The lowest BCUT2D eigenvalue weighted by Gasteiger charge is -2.36. The Bertz CT molecular complexity index is 848. The molecular weight excluding hydrogens is 368 g/mol. The van der Waals surface area contributed by atoms with Crippen molar-refractivity contribution in [1.29, 1.82) is 0 Å². The van der Waals surface area contributed by atoms with Crippen LogP contribution in [0.25, 0.3) is 0 Å². The molecule has 1 aliphatic carbocycles. The minimum atomic E-state index is -0.196. The first-order chi connectivity index (χ1) is 14.2. The number of nitrogens with one attached hydrogen (secondary N) is 1. The predicted octanol–water partition coefficient (Wildman–Crippen LogP) is 1.69. The lowest BCUT2D eigenvalue weighted by molar-refractivity contribution is -0.135. The average molecular weight is 394 g/mol. The van der Waals surface area contributed by atoms with Gasteiger partial charge < -0.3 is 19.9 Å². The van der Waals surface area contributed by atoms with Crippen LogP contribution in [-0.2, 0) is 16.1 Å². The van der Waals surface area contributed by atoms with Crippen LogP contribution in [0.1, 0.15) is 12.0 Å². The normalized spacial score (nSPS) is 20.9. The van der Waals surface area contributed by atoms with Crippen LogP contribution in [0.5, 0.6) is 5.75 Å². The molecule has 2 amide bonds. The largest absolute Gasteiger partial charge is 0.497 e. The van der Waals surface area contributed by atoms with E-state index in [0.717, 1.165) is 30.1 Å². The smallest absolute Gasteiger partial charge is 0.226 e. The molecular formula is C22H26N4O3. The van der Waals surface area contributed by atoms with Gasteiger partial charge in [-0.15, -0.1) is 0 Å². The molecule has 2 aromatic rings. The summed E-state index contributed by atoms with van der Waals surface area (Å²) in [5.74, 6) is 0.546. The van der Waals surface area contributed by atoms with Gasteiger partial charge in [-0.25, -0.2) is 0 Å². The SMILES string of the molecule is COc1ccc(N2CCN(C(=O)C3CC3C(=O)NCc3cccnc3)CC2)cc1. The van der Waals surface area contributed by atoms with Crippen molar-refractivity contribution in [3.63, 3.8) is 0 Å². The van der Waals surface area contributed by atoms with Crippen molar-refractivity contribution in [1.82, 2.24) is 15.2 Å². The van der Waals surface area contributed by atoms with Crippen LogP contribution in [0.3, 0.4) is 0 Å². The van der Waals surface area contributed by atoms with Crippen LogP contribution in [0.4, 0.5) is 5.69 Å². The number of nitrogens with zero attached hydrogens (tertiary/aromatic N) is 3. The Balaban J connectivity index is 1.23. The molecule has 2 atom stereocenters. The first-order valence-corrected chi connectivity index (χ1v) is 10.00. The van der Waals surface area contributed by atoms with Gasteiger partial charge in [0.05, 0.1) is 18.9 Å². The summed E-state index contributed by atoms with van der Waals surface area (Å²) in [7, 11) is 1.66. The summed E-state index contributed by atoms with van der Waals surface area (Å²) in [4.78, 5) is 33.3. The van der Waals surface area contributed by atoms with Gasteiger partial charge in [0.1, 0.15) is 5.75 Å². The van der Waals surface area contributed by atoms with Crippen molar-refractivity contribution in [2.24, 2.45) is 11.8 Å². The number of aromatic nitrogens is 1. The molecule has 1 saturated carbocycles. The monoisotopic (exact) mass is 394 g/mol. The van der Waals surface area contributed by atoms with E-state index in [1.165, 1.54) is 0 Å². The number of anilines is 1. The van der Waals surface area contributed by atoms with Gasteiger partial charge in [0, 0.05) is 50.8 Å². The van der Waals surface area contributed by atoms with Crippen molar-refractivity contribution in [3.05, 3.63) is 54.4 Å². The minimum absolute atomic E-state index is 0.0379. The molecule has 29 heavy (non-hydrogen) atoms. The molecule has 152 valence electrons. The standard InChI is InChI=1S/C22H26N4O3/c1-29-18-6-4-17(5-7-18)25-9-11-26(12-10-25)22(28)20-13-19(20)21(27)24-15-16-3-2-8-23-14-16/h2-8,14,19-20H,9-13,15H2,1H3,(H,24,27). The van der Waals surface area contributed by atoms with E-state index in [9.17, 15) is 9.59 Å². The lowest BCUT2D eigenvalue weighted by Crippen LogP contribution is -2.49. The summed E-state index contributed by atoms with van der Waals surface area (Å²) >= 11 is 0. The summed E-state index contributed by atoms with van der Waals surface area (Å²) in [6.07, 6.45) is 4.09. The molecule has 0 radical (unpaired) electrons. The van der Waals surface area contributed by atoms with Gasteiger partial charge >= 0.3 is 0 Å². The summed E-state index contributed by atoms with van der Waals surface area (Å²) < 4.78 is 5.20. The second kappa shape index (κ2) is 8.51. The third kappa shape index (κ3) is 4.50. The highest BCUT2D eigenvalue weighted by molar-refractivity contribution is 5.92. The molecule has 2 aliphatic rings. The van der Waals surface area contributed by atoms with E-state index >= 15 is 0 Å². The third-order valence-electron chi connectivity index (χ3n) is 5.66. The fourth-order valence-electron chi connectivity index (χ4n) is 3.79. The van der Waals surface area contributed by atoms with Gasteiger partial charge in [0.2, 0.25) is 11.8 Å². The zero-order valence-corrected chi connectivity index (χ0v) is 16.6. The molecule has 0 spiro atoms. The van der Waals surface area contributed by atoms with Gasteiger partial charge in [-0.2, -0.15) is 0 Å². The zero-order valence-electron chi connectivity index (χ0n) is 16.6. The van der Waals surface area contributed by atoms with Crippen LogP contribution in [0, 0.1) is 11.8 Å². The Labute approximate surface area is 170 Å². The Morgan fingerprint density at radius 1 is 1.10 bits per heavy atom. The van der Waals surface area contributed by atoms with E-state index in [1.807, 2.05) is 41.3 Å². The molecule has 7 heteroatoms. The van der Waals surface area contributed by atoms with Gasteiger partial charge in [0.15, 0.2) is 0 Å². The third-order valence-corrected chi connectivity index (χ3v) is 5.66. The van der Waals surface area contributed by atoms with E-state index in [-0.39, 0.29) is 23.7 Å². The fourth-order valence-corrected chi connectivity index (χ4v) is 3.79. The van der Waals surface area contributed by atoms with E-state index in [0.29, 0.717) is 26.1 Å². The van der Waals surface area contributed by atoms with Gasteiger partial charge in [-0.3, -0.25) is 14.6 Å². The molecule has 2 heterocycles. The maximum Gasteiger partial charge on any atom is 0.226 e. The number of methoxy groups -OCH3 is 1. The van der Waals surface area contributed by atoms with Crippen molar-refractivity contribution in [3.8, 4) is 5.75 Å². The van der Waals surface area contributed by atoms with Gasteiger partial charge in [0.25, 0.3) is 0 Å². The second-order valence-corrected chi connectivity index (χ2v) is 7.54. The summed E-state index contributed by atoms with van der Waals surface area (Å²) in [6, 6.07) is 11.7. The highest BCUT2D eigenvalue weighted by atomic mass is 16.5. The topological polar surface area (TPSA) is 74.8 Å². The molecule has 2 fully saturated rings. The number of pyridine rings is 1. The Morgan fingerprint density at radius 3 is 2.52 bits per heavy atom. The molecule has 4 rings (SSSR count). The highest BCUT2D eigenvalue weighted by Gasteiger charge is 2.49.